The van der Waals surface area contributed by atoms with Gasteiger partial charge in [0.25, 0.3) is 0 Å². The Kier molecular flexibility index (Phi) is 5.05. The number of thiophene rings is 1. The number of nitrogens with one attached hydrogen (secondary N) is 2. The van der Waals surface area contributed by atoms with Crippen LogP contribution in [0.1, 0.15) is 17.7 Å². The summed E-state index contributed by atoms with van der Waals surface area (Å²) in [6.45, 7) is 1.08. The summed E-state index contributed by atoms with van der Waals surface area (Å²) in [4.78, 5) is 23.7. The van der Waals surface area contributed by atoms with Crippen LogP contribution in [0.2, 0.25) is 0 Å². The van der Waals surface area contributed by atoms with Crippen LogP contribution in [0.3, 0.4) is 0 Å². The highest BCUT2D eigenvalue weighted by atomic mass is 32.1. The van der Waals surface area contributed by atoms with Gasteiger partial charge >= 0.3 is 11.8 Å². The Labute approximate surface area is 114 Å². The highest BCUT2D eigenvalue weighted by molar-refractivity contribution is 7.11. The minimum Gasteiger partial charge on any atom is -0.376 e. The molecular formula is C12H15N3O3S. The second-order valence-electron chi connectivity index (χ2n) is 4.06. The van der Waals surface area contributed by atoms with Crippen molar-refractivity contribution in [3.63, 3.8) is 0 Å². The standard InChI is InChI=1S/C12H15N3O3S/c16-11(13-7-9-3-1-5-18-9)12(17)15-14-8-10-4-2-6-19-10/h2,4,6,8-9H,1,3,5,7H2,(H,13,16)(H,15,17)/b14-8+. The van der Waals surface area contributed by atoms with Gasteiger partial charge in [0.2, 0.25) is 0 Å². The number of hydrazone groups is 1. The first-order valence-electron chi connectivity index (χ1n) is 6.02. The van der Waals surface area contributed by atoms with Gasteiger partial charge in [-0.25, -0.2) is 5.43 Å². The number of rotatable bonds is 4. The predicted octanol–water partition coefficient (Wildman–Crippen LogP) is 0.493. The van der Waals surface area contributed by atoms with E-state index < -0.39 is 11.8 Å². The Morgan fingerprint density at radius 3 is 3.11 bits per heavy atom. The van der Waals surface area contributed by atoms with E-state index in [0.29, 0.717) is 6.54 Å². The number of hydrogen-bond acceptors (Lipinski definition) is 5. The topological polar surface area (TPSA) is 79.8 Å². The highest BCUT2D eigenvalue weighted by Gasteiger charge is 2.18. The fourth-order valence-corrected chi connectivity index (χ4v) is 2.25. The molecule has 6 nitrogen and oxygen atoms in total. The van der Waals surface area contributed by atoms with Gasteiger partial charge in [0, 0.05) is 18.0 Å². The maximum Gasteiger partial charge on any atom is 0.329 e. The Morgan fingerprint density at radius 1 is 1.53 bits per heavy atom. The Hall–Kier alpha value is -1.73. The van der Waals surface area contributed by atoms with Crippen molar-refractivity contribution >= 4 is 29.4 Å². The molecule has 0 saturated carbocycles. The van der Waals surface area contributed by atoms with Crippen LogP contribution in [-0.2, 0) is 14.3 Å². The monoisotopic (exact) mass is 281 g/mol. The van der Waals surface area contributed by atoms with Gasteiger partial charge in [-0.05, 0) is 24.3 Å². The number of carbonyl (C=O) groups is 2. The molecule has 0 bridgehead atoms. The van der Waals surface area contributed by atoms with Crippen LogP contribution >= 0.6 is 11.3 Å². The molecule has 1 saturated heterocycles. The number of hydrogen-bond donors (Lipinski definition) is 2. The molecule has 1 aliphatic rings. The van der Waals surface area contributed by atoms with E-state index in [0.717, 1.165) is 24.3 Å². The summed E-state index contributed by atoms with van der Waals surface area (Å²) in [6, 6.07) is 3.74. The van der Waals surface area contributed by atoms with Crippen molar-refractivity contribution in [2.45, 2.75) is 18.9 Å². The molecule has 0 spiro atoms. The molecule has 1 aromatic heterocycles. The number of nitrogens with zero attached hydrogens (tertiary/aromatic N) is 1. The lowest BCUT2D eigenvalue weighted by atomic mass is 10.2. The summed E-state index contributed by atoms with van der Waals surface area (Å²) in [5.41, 5.74) is 2.18. The normalized spacial score (nSPS) is 18.6. The summed E-state index contributed by atoms with van der Waals surface area (Å²) in [7, 11) is 0. The van der Waals surface area contributed by atoms with Crippen molar-refractivity contribution in [2.24, 2.45) is 5.10 Å². The van der Waals surface area contributed by atoms with Crippen LogP contribution in [0.25, 0.3) is 0 Å². The molecule has 1 unspecified atom stereocenters. The molecule has 19 heavy (non-hydrogen) atoms. The third-order valence-corrected chi connectivity index (χ3v) is 3.43. The van der Waals surface area contributed by atoms with Gasteiger partial charge < -0.3 is 10.1 Å². The SMILES string of the molecule is O=C(NCC1CCCO1)C(=O)N/N=C/c1cccs1. The van der Waals surface area contributed by atoms with Crippen LogP contribution in [0.4, 0.5) is 0 Å². The predicted molar refractivity (Wildman–Crippen MR) is 72.0 cm³/mol. The molecular weight excluding hydrogens is 266 g/mol. The second kappa shape index (κ2) is 7.01. The smallest absolute Gasteiger partial charge is 0.329 e. The van der Waals surface area contributed by atoms with Crippen molar-refractivity contribution in [3.05, 3.63) is 22.4 Å². The molecule has 0 radical (unpaired) electrons. The molecule has 1 aromatic rings. The van der Waals surface area contributed by atoms with Crippen molar-refractivity contribution in [1.82, 2.24) is 10.7 Å². The van der Waals surface area contributed by atoms with E-state index in [1.54, 1.807) is 0 Å². The molecule has 2 heterocycles. The largest absolute Gasteiger partial charge is 0.376 e. The summed E-state index contributed by atoms with van der Waals surface area (Å²) in [5, 5.41) is 8.13. The maximum absolute atomic E-state index is 11.4. The fraction of sp³-hybridized carbons (Fsp3) is 0.417. The van der Waals surface area contributed by atoms with Crippen LogP contribution in [0.5, 0.6) is 0 Å². The summed E-state index contributed by atoms with van der Waals surface area (Å²) < 4.78 is 5.34. The maximum atomic E-state index is 11.4. The van der Waals surface area contributed by atoms with Crippen molar-refractivity contribution < 1.29 is 14.3 Å². The van der Waals surface area contributed by atoms with Crippen molar-refractivity contribution in [1.29, 1.82) is 0 Å². The van der Waals surface area contributed by atoms with Crippen LogP contribution in [0, 0.1) is 0 Å². The number of ether oxygens (including phenoxy) is 1. The van der Waals surface area contributed by atoms with E-state index in [-0.39, 0.29) is 6.10 Å². The lowest BCUT2D eigenvalue weighted by Gasteiger charge is -2.09. The van der Waals surface area contributed by atoms with E-state index in [2.05, 4.69) is 15.8 Å². The molecule has 2 amide bonds. The zero-order valence-electron chi connectivity index (χ0n) is 10.3. The van der Waals surface area contributed by atoms with E-state index in [4.69, 9.17) is 4.74 Å². The first-order chi connectivity index (χ1) is 9.25. The van der Waals surface area contributed by atoms with Gasteiger partial charge in [0.05, 0.1) is 12.3 Å². The minimum absolute atomic E-state index is 0.0198. The second-order valence-corrected chi connectivity index (χ2v) is 5.04. The Morgan fingerprint density at radius 2 is 2.42 bits per heavy atom. The molecule has 2 rings (SSSR count). The number of amides is 2. The molecule has 0 aliphatic carbocycles. The molecule has 1 atom stereocenters. The molecule has 1 aliphatic heterocycles. The van der Waals surface area contributed by atoms with Gasteiger partial charge in [-0.3, -0.25) is 9.59 Å². The Bertz CT molecular complexity index is 453. The van der Waals surface area contributed by atoms with Gasteiger partial charge in [-0.1, -0.05) is 6.07 Å². The lowest BCUT2D eigenvalue weighted by molar-refractivity contribution is -0.139. The lowest BCUT2D eigenvalue weighted by Crippen LogP contribution is -2.41. The van der Waals surface area contributed by atoms with Gasteiger partial charge in [-0.15, -0.1) is 11.3 Å². The average Bonchev–Trinajstić information content (AvgIpc) is 3.08. The van der Waals surface area contributed by atoms with Gasteiger partial charge in [0.15, 0.2) is 0 Å². The molecule has 2 N–H and O–H groups in total. The van der Waals surface area contributed by atoms with Crippen molar-refractivity contribution in [3.8, 4) is 0 Å². The molecule has 1 fully saturated rings. The van der Waals surface area contributed by atoms with Crippen LogP contribution in [0.15, 0.2) is 22.6 Å². The van der Waals surface area contributed by atoms with E-state index >= 15 is 0 Å². The third-order valence-electron chi connectivity index (χ3n) is 2.62. The Balaban J connectivity index is 1.68. The van der Waals surface area contributed by atoms with Gasteiger partial charge in [-0.2, -0.15) is 5.10 Å². The first-order valence-corrected chi connectivity index (χ1v) is 6.90. The van der Waals surface area contributed by atoms with Crippen LogP contribution < -0.4 is 10.7 Å². The quantitative estimate of drug-likeness (QED) is 0.479. The average molecular weight is 281 g/mol. The van der Waals surface area contributed by atoms with Crippen LogP contribution in [-0.4, -0.2) is 37.3 Å². The number of carbonyl (C=O) groups excluding carboxylic acids is 2. The third kappa shape index (κ3) is 4.46. The van der Waals surface area contributed by atoms with E-state index in [9.17, 15) is 9.59 Å². The highest BCUT2D eigenvalue weighted by Crippen LogP contribution is 2.10. The fourth-order valence-electron chi connectivity index (χ4n) is 1.66. The molecule has 7 heteroatoms. The molecule has 102 valence electrons. The molecule has 0 aromatic carbocycles. The summed E-state index contributed by atoms with van der Waals surface area (Å²) in [5.74, 6) is -1.47. The zero-order chi connectivity index (χ0) is 13.5. The van der Waals surface area contributed by atoms with Crippen molar-refractivity contribution in [2.75, 3.05) is 13.2 Å². The minimum atomic E-state index is -0.772. The van der Waals surface area contributed by atoms with E-state index in [1.165, 1.54) is 17.6 Å². The zero-order valence-corrected chi connectivity index (χ0v) is 11.1. The summed E-state index contributed by atoms with van der Waals surface area (Å²) in [6.07, 6.45) is 3.43. The summed E-state index contributed by atoms with van der Waals surface area (Å²) >= 11 is 1.49. The van der Waals surface area contributed by atoms with E-state index in [1.807, 2.05) is 17.5 Å². The van der Waals surface area contributed by atoms with Gasteiger partial charge in [0.1, 0.15) is 0 Å². The first kappa shape index (κ1) is 13.7.